The van der Waals surface area contributed by atoms with Gasteiger partial charge >= 0.3 is 12.0 Å². The van der Waals surface area contributed by atoms with E-state index in [1.807, 2.05) is 31.3 Å². The first-order chi connectivity index (χ1) is 11.5. The highest BCUT2D eigenvalue weighted by Crippen LogP contribution is 2.35. The molecule has 2 atom stereocenters. The number of rotatable bonds is 4. The molecule has 1 saturated carbocycles. The van der Waals surface area contributed by atoms with Crippen LogP contribution in [0.1, 0.15) is 30.7 Å². The number of carbonyl (C=O) groups is 2. The lowest BCUT2D eigenvalue weighted by atomic mass is 9.89. The third-order valence-electron chi connectivity index (χ3n) is 5.35. The van der Waals surface area contributed by atoms with Gasteiger partial charge in [0.1, 0.15) is 5.75 Å². The topological polar surface area (TPSA) is 70.1 Å². The van der Waals surface area contributed by atoms with E-state index in [2.05, 4.69) is 0 Å². The molecule has 0 radical (unpaired) electrons. The molecule has 1 aliphatic heterocycles. The number of ether oxygens (including phenoxy) is 1. The van der Waals surface area contributed by atoms with Crippen LogP contribution in [0, 0.1) is 5.92 Å². The maximum absolute atomic E-state index is 12.7. The molecule has 1 aromatic carbocycles. The van der Waals surface area contributed by atoms with Crippen molar-refractivity contribution in [2.45, 2.75) is 31.2 Å². The quantitative estimate of drug-likeness (QED) is 0.919. The predicted molar refractivity (Wildman–Crippen MR) is 89.2 cm³/mol. The van der Waals surface area contributed by atoms with E-state index in [1.165, 1.54) is 0 Å². The van der Waals surface area contributed by atoms with E-state index in [0.717, 1.165) is 24.8 Å². The number of carbonyl (C=O) groups excluding carboxylic acids is 1. The number of likely N-dealkylation sites (tertiary alicyclic amines) is 1. The van der Waals surface area contributed by atoms with Gasteiger partial charge in [0.2, 0.25) is 0 Å². The van der Waals surface area contributed by atoms with E-state index in [1.54, 1.807) is 16.9 Å². The largest absolute Gasteiger partial charge is 0.497 e. The van der Waals surface area contributed by atoms with Gasteiger partial charge in [-0.2, -0.15) is 0 Å². The molecule has 3 rings (SSSR count). The Bertz CT molecular complexity index is 629. The normalized spacial score (nSPS) is 23.7. The highest BCUT2D eigenvalue weighted by atomic mass is 16.5. The monoisotopic (exact) mass is 332 g/mol. The van der Waals surface area contributed by atoms with Gasteiger partial charge < -0.3 is 19.6 Å². The third-order valence-corrected chi connectivity index (χ3v) is 5.35. The zero-order valence-electron chi connectivity index (χ0n) is 14.1. The number of urea groups is 1. The summed E-state index contributed by atoms with van der Waals surface area (Å²) >= 11 is 0. The Hall–Kier alpha value is -2.24. The number of methoxy groups -OCH3 is 1. The van der Waals surface area contributed by atoms with Crippen LogP contribution in [0.5, 0.6) is 5.75 Å². The van der Waals surface area contributed by atoms with Crippen LogP contribution in [0.4, 0.5) is 4.79 Å². The Morgan fingerprint density at radius 2 is 2.04 bits per heavy atom. The maximum Gasteiger partial charge on any atom is 0.320 e. The lowest BCUT2D eigenvalue weighted by Crippen LogP contribution is -2.47. The van der Waals surface area contributed by atoms with E-state index < -0.39 is 11.9 Å². The molecule has 1 aliphatic carbocycles. The Morgan fingerprint density at radius 1 is 1.29 bits per heavy atom. The van der Waals surface area contributed by atoms with E-state index >= 15 is 0 Å². The highest BCUT2D eigenvalue weighted by molar-refractivity contribution is 5.78. The van der Waals surface area contributed by atoms with Gasteiger partial charge in [0.15, 0.2) is 0 Å². The van der Waals surface area contributed by atoms with Gasteiger partial charge in [0, 0.05) is 32.1 Å². The van der Waals surface area contributed by atoms with E-state index in [9.17, 15) is 14.7 Å². The second kappa shape index (κ2) is 6.71. The molecule has 6 heteroatoms. The molecule has 1 aromatic rings. The smallest absolute Gasteiger partial charge is 0.320 e. The van der Waals surface area contributed by atoms with E-state index in [4.69, 9.17) is 4.74 Å². The molecular formula is C18H24N2O4. The molecule has 0 bridgehead atoms. The Balaban J connectivity index is 1.78. The van der Waals surface area contributed by atoms with Crippen LogP contribution in [-0.2, 0) is 4.79 Å². The summed E-state index contributed by atoms with van der Waals surface area (Å²) in [7, 11) is 3.41. The number of aliphatic carboxylic acids is 1. The van der Waals surface area contributed by atoms with Gasteiger partial charge in [-0.05, 0) is 37.0 Å². The Morgan fingerprint density at radius 3 is 2.62 bits per heavy atom. The molecular weight excluding hydrogens is 308 g/mol. The van der Waals surface area contributed by atoms with Gasteiger partial charge in [0.25, 0.3) is 0 Å². The third kappa shape index (κ3) is 3.05. The van der Waals surface area contributed by atoms with Crippen LogP contribution in [0.3, 0.4) is 0 Å². The van der Waals surface area contributed by atoms with Crippen molar-refractivity contribution in [2.24, 2.45) is 5.92 Å². The van der Waals surface area contributed by atoms with Crippen molar-refractivity contribution in [1.29, 1.82) is 0 Å². The molecule has 2 amide bonds. The molecule has 1 saturated heterocycles. The van der Waals surface area contributed by atoms with Crippen LogP contribution in [0.15, 0.2) is 24.3 Å². The molecule has 0 spiro atoms. The van der Waals surface area contributed by atoms with Crippen molar-refractivity contribution in [3.05, 3.63) is 29.8 Å². The summed E-state index contributed by atoms with van der Waals surface area (Å²) in [6.45, 7) is 0.688. The standard InChI is InChI=1S/C18H24N2O4/c1-19(13-6-4-7-13)18(23)20-10-15(16(11-20)17(21)22)12-5-3-8-14(9-12)24-2/h3,5,8-9,13,15-16H,4,6-7,10-11H2,1-2H3,(H,21,22)/t15-,16+/m0/s1. The second-order valence-electron chi connectivity index (χ2n) is 6.71. The fourth-order valence-electron chi connectivity index (χ4n) is 3.57. The van der Waals surface area contributed by atoms with Crippen LogP contribution in [0.2, 0.25) is 0 Å². The Kier molecular flexibility index (Phi) is 4.64. The first-order valence-electron chi connectivity index (χ1n) is 8.39. The summed E-state index contributed by atoms with van der Waals surface area (Å²) in [6, 6.07) is 7.71. The zero-order valence-corrected chi connectivity index (χ0v) is 14.1. The van der Waals surface area contributed by atoms with Crippen molar-refractivity contribution < 1.29 is 19.4 Å². The van der Waals surface area contributed by atoms with Crippen molar-refractivity contribution in [2.75, 3.05) is 27.2 Å². The van der Waals surface area contributed by atoms with Gasteiger partial charge in [-0.1, -0.05) is 12.1 Å². The number of amides is 2. The first-order valence-corrected chi connectivity index (χ1v) is 8.39. The Labute approximate surface area is 142 Å². The van der Waals surface area contributed by atoms with Gasteiger partial charge in [-0.25, -0.2) is 4.79 Å². The van der Waals surface area contributed by atoms with Crippen LogP contribution >= 0.6 is 0 Å². The minimum atomic E-state index is -0.857. The molecule has 6 nitrogen and oxygen atoms in total. The maximum atomic E-state index is 12.7. The molecule has 130 valence electrons. The number of benzene rings is 1. The molecule has 0 unspecified atom stereocenters. The summed E-state index contributed by atoms with van der Waals surface area (Å²) in [4.78, 5) is 27.8. The fourth-order valence-corrected chi connectivity index (χ4v) is 3.57. The number of carboxylic acids is 1. The van der Waals surface area contributed by atoms with Crippen LogP contribution in [0.25, 0.3) is 0 Å². The molecule has 24 heavy (non-hydrogen) atoms. The summed E-state index contributed by atoms with van der Waals surface area (Å²) in [6.07, 6.45) is 3.24. The van der Waals surface area contributed by atoms with Gasteiger partial charge in [0.05, 0.1) is 13.0 Å². The fraction of sp³-hybridized carbons (Fsp3) is 0.556. The van der Waals surface area contributed by atoms with Crippen LogP contribution in [-0.4, -0.2) is 60.2 Å². The summed E-state index contributed by atoms with van der Waals surface area (Å²) in [5, 5.41) is 9.59. The summed E-state index contributed by atoms with van der Waals surface area (Å²) < 4.78 is 5.24. The number of hydrogen-bond acceptors (Lipinski definition) is 3. The minimum Gasteiger partial charge on any atom is -0.497 e. The molecule has 2 aliphatic rings. The predicted octanol–water partition coefficient (Wildman–Crippen LogP) is 2.40. The van der Waals surface area contributed by atoms with Crippen LogP contribution < -0.4 is 4.74 Å². The number of carboxylic acid groups (broad SMARTS) is 1. The van der Waals surface area contributed by atoms with Gasteiger partial charge in [-0.3, -0.25) is 4.79 Å². The lowest BCUT2D eigenvalue weighted by molar-refractivity contribution is -0.141. The molecule has 1 N–H and O–H groups in total. The average Bonchev–Trinajstić information content (AvgIpc) is 2.98. The number of hydrogen-bond donors (Lipinski definition) is 1. The van der Waals surface area contributed by atoms with Crippen molar-refractivity contribution in [3.8, 4) is 5.75 Å². The van der Waals surface area contributed by atoms with E-state index in [-0.39, 0.29) is 18.5 Å². The lowest BCUT2D eigenvalue weighted by Gasteiger charge is -2.37. The second-order valence-corrected chi connectivity index (χ2v) is 6.71. The van der Waals surface area contributed by atoms with Crippen molar-refractivity contribution in [1.82, 2.24) is 9.80 Å². The van der Waals surface area contributed by atoms with Crippen molar-refractivity contribution >= 4 is 12.0 Å². The summed E-state index contributed by atoms with van der Waals surface area (Å²) in [5.74, 6) is -0.954. The average molecular weight is 332 g/mol. The highest BCUT2D eigenvalue weighted by Gasteiger charge is 2.42. The van der Waals surface area contributed by atoms with E-state index in [0.29, 0.717) is 18.3 Å². The summed E-state index contributed by atoms with van der Waals surface area (Å²) in [5.41, 5.74) is 0.906. The molecule has 0 aromatic heterocycles. The zero-order chi connectivity index (χ0) is 17.3. The SMILES string of the molecule is COc1cccc([C@@H]2CN(C(=O)N(C)C3CCC3)C[C@H]2C(=O)O)c1. The minimum absolute atomic E-state index is 0.0589. The number of nitrogens with zero attached hydrogens (tertiary/aromatic N) is 2. The molecule has 1 heterocycles. The van der Waals surface area contributed by atoms with Gasteiger partial charge in [-0.15, -0.1) is 0 Å². The first kappa shape index (κ1) is 16.6. The molecule has 2 fully saturated rings. The van der Waals surface area contributed by atoms with Crippen molar-refractivity contribution in [3.63, 3.8) is 0 Å².